The molecule has 0 aliphatic rings. The van der Waals surface area contributed by atoms with Crippen molar-refractivity contribution in [1.29, 1.82) is 0 Å². The van der Waals surface area contributed by atoms with Gasteiger partial charge in [-0.25, -0.2) is 0 Å². The number of furan rings is 1. The SMILES string of the molecule is CSCSCC(CO)NC(=O)C=Cc1ccco1. The average molecular weight is 287 g/mol. The Bertz CT molecular complexity index is 365. The van der Waals surface area contributed by atoms with E-state index in [2.05, 4.69) is 5.32 Å². The normalized spacial score (nSPS) is 12.8. The summed E-state index contributed by atoms with van der Waals surface area (Å²) in [7, 11) is 0. The molecule has 0 radical (unpaired) electrons. The van der Waals surface area contributed by atoms with Crippen molar-refractivity contribution in [3.8, 4) is 0 Å². The van der Waals surface area contributed by atoms with Gasteiger partial charge in [-0.15, -0.1) is 11.8 Å². The van der Waals surface area contributed by atoms with Crippen LogP contribution in [0.1, 0.15) is 5.76 Å². The number of carbonyl (C=O) groups is 1. The molecule has 1 heterocycles. The lowest BCUT2D eigenvalue weighted by Crippen LogP contribution is -2.38. The minimum atomic E-state index is -0.227. The molecular formula is C12H17NO3S2. The number of aliphatic hydroxyl groups is 1. The van der Waals surface area contributed by atoms with E-state index >= 15 is 0 Å². The maximum atomic E-state index is 11.6. The standard InChI is InChI=1S/C12H17NO3S2/c1-17-9-18-8-10(7-14)13-12(15)5-4-11-3-2-6-16-11/h2-6,10,14H,7-9H2,1H3,(H,13,15). The third-order valence-corrected chi connectivity index (χ3v) is 4.28. The molecule has 100 valence electrons. The van der Waals surface area contributed by atoms with Gasteiger partial charge in [0.1, 0.15) is 5.76 Å². The van der Waals surface area contributed by atoms with Crippen molar-refractivity contribution in [2.45, 2.75) is 6.04 Å². The van der Waals surface area contributed by atoms with E-state index in [4.69, 9.17) is 9.52 Å². The second-order valence-electron chi connectivity index (χ2n) is 3.51. The van der Waals surface area contributed by atoms with Crippen LogP contribution in [0, 0.1) is 0 Å². The van der Waals surface area contributed by atoms with Gasteiger partial charge >= 0.3 is 0 Å². The summed E-state index contributed by atoms with van der Waals surface area (Å²) in [5.74, 6) is 1.11. The van der Waals surface area contributed by atoms with Gasteiger partial charge in [-0.1, -0.05) is 0 Å². The highest BCUT2D eigenvalue weighted by Crippen LogP contribution is 2.09. The van der Waals surface area contributed by atoms with Crippen LogP contribution in [0.2, 0.25) is 0 Å². The van der Waals surface area contributed by atoms with Crippen molar-refractivity contribution in [2.75, 3.05) is 23.7 Å². The number of aliphatic hydroxyl groups excluding tert-OH is 1. The predicted molar refractivity (Wildman–Crippen MR) is 77.6 cm³/mol. The predicted octanol–water partition coefficient (Wildman–Crippen LogP) is 1.82. The Morgan fingerprint density at radius 1 is 1.67 bits per heavy atom. The lowest BCUT2D eigenvalue weighted by atomic mass is 10.3. The van der Waals surface area contributed by atoms with Crippen molar-refractivity contribution < 1.29 is 14.3 Å². The second kappa shape index (κ2) is 9.13. The summed E-state index contributed by atoms with van der Waals surface area (Å²) in [6, 6.07) is 3.31. The Balaban J connectivity index is 2.32. The molecule has 0 spiro atoms. The molecule has 1 atom stereocenters. The van der Waals surface area contributed by atoms with Crippen LogP contribution in [0.4, 0.5) is 0 Å². The summed E-state index contributed by atoms with van der Waals surface area (Å²) in [4.78, 5) is 11.6. The minimum Gasteiger partial charge on any atom is -0.465 e. The maximum absolute atomic E-state index is 11.6. The van der Waals surface area contributed by atoms with Crippen molar-refractivity contribution >= 4 is 35.5 Å². The van der Waals surface area contributed by atoms with Crippen LogP contribution in [0.5, 0.6) is 0 Å². The molecule has 0 bridgehead atoms. The molecule has 1 aromatic rings. The number of hydrogen-bond acceptors (Lipinski definition) is 5. The van der Waals surface area contributed by atoms with E-state index < -0.39 is 0 Å². The molecule has 0 saturated heterocycles. The molecule has 1 aromatic heterocycles. The van der Waals surface area contributed by atoms with Crippen molar-refractivity contribution in [3.63, 3.8) is 0 Å². The molecule has 1 amide bonds. The number of nitrogens with one attached hydrogen (secondary N) is 1. The molecule has 1 rings (SSSR count). The first kappa shape index (κ1) is 15.2. The number of amides is 1. The van der Waals surface area contributed by atoms with Crippen molar-refractivity contribution in [2.24, 2.45) is 0 Å². The first-order valence-electron chi connectivity index (χ1n) is 5.46. The zero-order valence-corrected chi connectivity index (χ0v) is 11.8. The molecule has 0 aliphatic heterocycles. The summed E-state index contributed by atoms with van der Waals surface area (Å²) in [6.45, 7) is -0.0539. The van der Waals surface area contributed by atoms with E-state index in [1.54, 1.807) is 48.0 Å². The molecule has 0 aromatic carbocycles. The average Bonchev–Trinajstić information content (AvgIpc) is 2.88. The first-order chi connectivity index (χ1) is 8.76. The summed E-state index contributed by atoms with van der Waals surface area (Å²) in [6.07, 6.45) is 6.57. The van der Waals surface area contributed by atoms with Gasteiger partial charge in [0.2, 0.25) is 5.91 Å². The number of thioether (sulfide) groups is 2. The van der Waals surface area contributed by atoms with Crippen LogP contribution in [0.3, 0.4) is 0 Å². The molecule has 0 aliphatic carbocycles. The molecule has 18 heavy (non-hydrogen) atoms. The molecule has 1 unspecified atom stereocenters. The molecule has 4 nitrogen and oxygen atoms in total. The molecule has 0 fully saturated rings. The highest BCUT2D eigenvalue weighted by atomic mass is 32.2. The molecular weight excluding hydrogens is 270 g/mol. The van der Waals surface area contributed by atoms with Gasteiger partial charge in [0, 0.05) is 16.9 Å². The molecule has 0 saturated carbocycles. The lowest BCUT2D eigenvalue weighted by molar-refractivity contribution is -0.117. The van der Waals surface area contributed by atoms with E-state index in [9.17, 15) is 4.79 Å². The lowest BCUT2D eigenvalue weighted by Gasteiger charge is -2.14. The van der Waals surface area contributed by atoms with Crippen LogP contribution in [-0.4, -0.2) is 40.8 Å². The van der Waals surface area contributed by atoms with E-state index in [1.165, 1.54) is 6.08 Å². The van der Waals surface area contributed by atoms with E-state index in [-0.39, 0.29) is 18.6 Å². The van der Waals surface area contributed by atoms with Crippen LogP contribution in [0.15, 0.2) is 28.9 Å². The Morgan fingerprint density at radius 2 is 2.50 bits per heavy atom. The Kier molecular flexibility index (Phi) is 7.71. The zero-order chi connectivity index (χ0) is 13.2. The van der Waals surface area contributed by atoms with Crippen molar-refractivity contribution in [1.82, 2.24) is 5.32 Å². The zero-order valence-electron chi connectivity index (χ0n) is 10.2. The van der Waals surface area contributed by atoms with Gasteiger partial charge in [0.05, 0.1) is 18.9 Å². The smallest absolute Gasteiger partial charge is 0.244 e. The van der Waals surface area contributed by atoms with Crippen LogP contribution in [0.25, 0.3) is 6.08 Å². The Labute approximate surface area is 115 Å². The largest absolute Gasteiger partial charge is 0.465 e. The summed E-state index contributed by atoms with van der Waals surface area (Å²) >= 11 is 3.41. The Hall–Kier alpha value is -0.850. The molecule has 2 N–H and O–H groups in total. The summed E-state index contributed by atoms with van der Waals surface area (Å²) in [5, 5.41) is 12.8. The fourth-order valence-electron chi connectivity index (χ4n) is 1.21. The van der Waals surface area contributed by atoms with Crippen LogP contribution < -0.4 is 5.32 Å². The first-order valence-corrected chi connectivity index (χ1v) is 8.00. The monoisotopic (exact) mass is 287 g/mol. The highest BCUT2D eigenvalue weighted by molar-refractivity contribution is 8.15. The van der Waals surface area contributed by atoms with Crippen molar-refractivity contribution in [3.05, 3.63) is 30.2 Å². The van der Waals surface area contributed by atoms with Gasteiger partial charge in [0.15, 0.2) is 0 Å². The maximum Gasteiger partial charge on any atom is 0.244 e. The Morgan fingerprint density at radius 3 is 3.11 bits per heavy atom. The van der Waals surface area contributed by atoms with E-state index in [0.29, 0.717) is 11.5 Å². The third-order valence-electron chi connectivity index (χ3n) is 2.03. The highest BCUT2D eigenvalue weighted by Gasteiger charge is 2.09. The van der Waals surface area contributed by atoms with Gasteiger partial charge in [-0.05, 0) is 24.5 Å². The van der Waals surface area contributed by atoms with E-state index in [0.717, 1.165) is 5.08 Å². The number of carbonyl (C=O) groups excluding carboxylic acids is 1. The van der Waals surface area contributed by atoms with E-state index in [1.807, 2.05) is 6.26 Å². The number of hydrogen-bond donors (Lipinski definition) is 2. The second-order valence-corrected chi connectivity index (χ2v) is 5.78. The summed E-state index contributed by atoms with van der Waals surface area (Å²) in [5.41, 5.74) is 0. The van der Waals surface area contributed by atoms with Gasteiger partial charge in [-0.3, -0.25) is 4.79 Å². The minimum absolute atomic E-state index is 0.0539. The fraction of sp³-hybridized carbons (Fsp3) is 0.417. The third kappa shape index (κ3) is 6.18. The number of rotatable bonds is 8. The topological polar surface area (TPSA) is 62.5 Å². The molecule has 6 heteroatoms. The van der Waals surface area contributed by atoms with Gasteiger partial charge in [-0.2, -0.15) is 11.8 Å². The summed E-state index contributed by atoms with van der Waals surface area (Å²) < 4.78 is 5.07. The van der Waals surface area contributed by atoms with Crippen LogP contribution >= 0.6 is 23.5 Å². The van der Waals surface area contributed by atoms with Gasteiger partial charge in [0.25, 0.3) is 0 Å². The fourth-order valence-corrected chi connectivity index (χ4v) is 2.73. The quantitative estimate of drug-likeness (QED) is 0.434. The van der Waals surface area contributed by atoms with Crippen LogP contribution in [-0.2, 0) is 4.79 Å². The van der Waals surface area contributed by atoms with Gasteiger partial charge < -0.3 is 14.8 Å².